The summed E-state index contributed by atoms with van der Waals surface area (Å²) in [4.78, 5) is 25.0. The van der Waals surface area contributed by atoms with Crippen molar-refractivity contribution in [3.8, 4) is 0 Å². The number of nitrogens with two attached hydrogens (primary N) is 1. The van der Waals surface area contributed by atoms with Crippen LogP contribution in [0.2, 0.25) is 0 Å². The SMILES string of the molecule is CC(=O)OC(C)N1CCC(C(N)C(=O)OC(C)(C)C)CC1. The summed E-state index contributed by atoms with van der Waals surface area (Å²) in [5, 5.41) is 0. The Hall–Kier alpha value is -1.14. The van der Waals surface area contributed by atoms with Crippen molar-refractivity contribution in [1.29, 1.82) is 0 Å². The van der Waals surface area contributed by atoms with Gasteiger partial charge >= 0.3 is 11.9 Å². The summed E-state index contributed by atoms with van der Waals surface area (Å²) in [5.41, 5.74) is 5.51. The second-order valence-electron chi connectivity index (χ2n) is 6.64. The van der Waals surface area contributed by atoms with Crippen molar-refractivity contribution >= 4 is 11.9 Å². The van der Waals surface area contributed by atoms with Crippen molar-refractivity contribution in [2.45, 2.75) is 65.3 Å². The first-order valence-corrected chi connectivity index (χ1v) is 7.50. The molecule has 1 heterocycles. The Morgan fingerprint density at radius 3 is 2.19 bits per heavy atom. The highest BCUT2D eigenvalue weighted by Crippen LogP contribution is 2.23. The van der Waals surface area contributed by atoms with Gasteiger partial charge in [0, 0.05) is 20.0 Å². The van der Waals surface area contributed by atoms with Gasteiger partial charge in [-0.05, 0) is 46.5 Å². The Morgan fingerprint density at radius 1 is 1.24 bits per heavy atom. The standard InChI is InChI=1S/C15H28N2O4/c1-10(20-11(2)18)17-8-6-12(7-9-17)13(16)14(19)21-15(3,4)5/h10,12-13H,6-9,16H2,1-5H3. The van der Waals surface area contributed by atoms with Crippen molar-refractivity contribution in [3.05, 3.63) is 0 Å². The molecule has 2 N–H and O–H groups in total. The third kappa shape index (κ3) is 6.01. The average Bonchev–Trinajstić information content (AvgIpc) is 2.35. The Kier molecular flexibility index (Phi) is 6.16. The van der Waals surface area contributed by atoms with Crippen LogP contribution in [0.3, 0.4) is 0 Å². The van der Waals surface area contributed by atoms with E-state index in [1.165, 1.54) is 6.92 Å². The van der Waals surface area contributed by atoms with Crippen molar-refractivity contribution < 1.29 is 19.1 Å². The summed E-state index contributed by atoms with van der Waals surface area (Å²) in [6.45, 7) is 10.3. The smallest absolute Gasteiger partial charge is 0.323 e. The summed E-state index contributed by atoms with van der Waals surface area (Å²) in [6.07, 6.45) is 1.36. The van der Waals surface area contributed by atoms with E-state index >= 15 is 0 Å². The number of likely N-dealkylation sites (tertiary alicyclic amines) is 1. The molecule has 0 aliphatic carbocycles. The van der Waals surface area contributed by atoms with Crippen LogP contribution in [0.15, 0.2) is 0 Å². The highest BCUT2D eigenvalue weighted by atomic mass is 16.6. The van der Waals surface area contributed by atoms with E-state index in [1.807, 2.05) is 27.7 Å². The van der Waals surface area contributed by atoms with Gasteiger partial charge in [0.2, 0.25) is 0 Å². The van der Waals surface area contributed by atoms with Crippen LogP contribution >= 0.6 is 0 Å². The van der Waals surface area contributed by atoms with Gasteiger partial charge in [-0.1, -0.05) is 0 Å². The Bertz CT molecular complexity index is 370. The molecule has 1 aliphatic heterocycles. The third-order valence-corrected chi connectivity index (χ3v) is 3.61. The second-order valence-corrected chi connectivity index (χ2v) is 6.64. The van der Waals surface area contributed by atoms with E-state index in [-0.39, 0.29) is 24.1 Å². The Balaban J connectivity index is 2.45. The molecule has 0 spiro atoms. The fraction of sp³-hybridized carbons (Fsp3) is 0.867. The van der Waals surface area contributed by atoms with Gasteiger partial charge in [0.05, 0.1) is 0 Å². The lowest BCUT2D eigenvalue weighted by molar-refractivity contribution is -0.159. The monoisotopic (exact) mass is 300 g/mol. The Morgan fingerprint density at radius 2 is 1.76 bits per heavy atom. The predicted octanol–water partition coefficient (Wildman–Crippen LogP) is 1.28. The molecular formula is C15H28N2O4. The molecule has 0 aromatic heterocycles. The maximum Gasteiger partial charge on any atom is 0.323 e. The molecule has 0 bridgehead atoms. The maximum absolute atomic E-state index is 12.0. The summed E-state index contributed by atoms with van der Waals surface area (Å²) < 4.78 is 10.5. The van der Waals surface area contributed by atoms with E-state index in [1.54, 1.807) is 0 Å². The van der Waals surface area contributed by atoms with Crippen molar-refractivity contribution in [2.75, 3.05) is 13.1 Å². The maximum atomic E-state index is 12.0. The zero-order valence-corrected chi connectivity index (χ0v) is 13.7. The van der Waals surface area contributed by atoms with Crippen LogP contribution in [-0.2, 0) is 19.1 Å². The molecule has 21 heavy (non-hydrogen) atoms. The van der Waals surface area contributed by atoms with E-state index in [0.29, 0.717) is 0 Å². The van der Waals surface area contributed by atoms with Gasteiger partial charge in [-0.25, -0.2) is 0 Å². The first-order valence-electron chi connectivity index (χ1n) is 7.50. The molecule has 1 saturated heterocycles. The number of esters is 2. The van der Waals surface area contributed by atoms with Gasteiger partial charge in [-0.3, -0.25) is 14.5 Å². The van der Waals surface area contributed by atoms with E-state index in [4.69, 9.17) is 15.2 Å². The lowest BCUT2D eigenvalue weighted by Crippen LogP contribution is -2.49. The fourth-order valence-electron chi connectivity index (χ4n) is 2.52. The van der Waals surface area contributed by atoms with Crippen LogP contribution in [-0.4, -0.2) is 47.8 Å². The first kappa shape index (κ1) is 17.9. The van der Waals surface area contributed by atoms with Gasteiger partial charge in [-0.2, -0.15) is 0 Å². The topological polar surface area (TPSA) is 81.9 Å². The molecule has 2 unspecified atom stereocenters. The number of hydrogen-bond donors (Lipinski definition) is 1. The summed E-state index contributed by atoms with van der Waals surface area (Å²) in [6, 6.07) is -0.588. The van der Waals surface area contributed by atoms with E-state index in [2.05, 4.69) is 4.90 Å². The minimum atomic E-state index is -0.588. The molecule has 1 aliphatic rings. The minimum Gasteiger partial charge on any atom is -0.459 e. The molecule has 0 aromatic rings. The number of rotatable bonds is 4. The van der Waals surface area contributed by atoms with Crippen LogP contribution in [0.5, 0.6) is 0 Å². The number of piperidine rings is 1. The number of carbonyl (C=O) groups is 2. The highest BCUT2D eigenvalue weighted by molar-refractivity contribution is 5.76. The van der Waals surface area contributed by atoms with Crippen LogP contribution in [0.1, 0.15) is 47.5 Å². The summed E-state index contributed by atoms with van der Waals surface area (Å²) in [5.74, 6) is -0.510. The van der Waals surface area contributed by atoms with Crippen LogP contribution in [0.25, 0.3) is 0 Å². The molecule has 0 saturated carbocycles. The van der Waals surface area contributed by atoms with Gasteiger partial charge in [-0.15, -0.1) is 0 Å². The normalized spacial score (nSPS) is 20.7. The molecule has 2 atom stereocenters. The quantitative estimate of drug-likeness (QED) is 0.788. The Labute approximate surface area is 126 Å². The lowest BCUT2D eigenvalue weighted by atomic mass is 9.89. The molecular weight excluding hydrogens is 272 g/mol. The van der Waals surface area contributed by atoms with E-state index in [9.17, 15) is 9.59 Å². The van der Waals surface area contributed by atoms with Gasteiger partial charge < -0.3 is 15.2 Å². The number of carbonyl (C=O) groups excluding carboxylic acids is 2. The van der Waals surface area contributed by atoms with Gasteiger partial charge in [0.25, 0.3) is 0 Å². The third-order valence-electron chi connectivity index (χ3n) is 3.61. The average molecular weight is 300 g/mol. The molecule has 0 aromatic carbocycles. The van der Waals surface area contributed by atoms with Gasteiger partial charge in [0.15, 0.2) is 6.23 Å². The number of ether oxygens (including phenoxy) is 2. The van der Waals surface area contributed by atoms with Crippen LogP contribution < -0.4 is 5.73 Å². The molecule has 122 valence electrons. The second kappa shape index (κ2) is 7.22. The van der Waals surface area contributed by atoms with Crippen LogP contribution in [0, 0.1) is 5.92 Å². The summed E-state index contributed by atoms with van der Waals surface area (Å²) >= 11 is 0. The van der Waals surface area contributed by atoms with E-state index in [0.717, 1.165) is 25.9 Å². The zero-order valence-electron chi connectivity index (χ0n) is 13.7. The largest absolute Gasteiger partial charge is 0.459 e. The molecule has 6 heteroatoms. The van der Waals surface area contributed by atoms with Crippen LogP contribution in [0.4, 0.5) is 0 Å². The summed E-state index contributed by atoms with van der Waals surface area (Å²) in [7, 11) is 0. The predicted molar refractivity (Wildman–Crippen MR) is 79.3 cm³/mol. The van der Waals surface area contributed by atoms with E-state index < -0.39 is 11.6 Å². The minimum absolute atomic E-state index is 0.112. The van der Waals surface area contributed by atoms with Crippen molar-refractivity contribution in [1.82, 2.24) is 4.90 Å². The molecule has 6 nitrogen and oxygen atoms in total. The molecule has 1 rings (SSSR count). The fourth-order valence-corrected chi connectivity index (χ4v) is 2.52. The number of nitrogens with zero attached hydrogens (tertiary/aromatic N) is 1. The van der Waals surface area contributed by atoms with Crippen molar-refractivity contribution in [3.63, 3.8) is 0 Å². The molecule has 0 radical (unpaired) electrons. The zero-order chi connectivity index (χ0) is 16.2. The number of hydrogen-bond acceptors (Lipinski definition) is 6. The molecule has 0 amide bonds. The van der Waals surface area contributed by atoms with Crippen molar-refractivity contribution in [2.24, 2.45) is 11.7 Å². The van der Waals surface area contributed by atoms with Gasteiger partial charge in [0.1, 0.15) is 11.6 Å². The highest BCUT2D eigenvalue weighted by Gasteiger charge is 2.33. The first-order chi connectivity index (χ1) is 9.60. The lowest BCUT2D eigenvalue weighted by Gasteiger charge is -2.37. The molecule has 1 fully saturated rings.